The number of rotatable bonds is 7. The highest BCUT2D eigenvalue weighted by atomic mass is 16.3. The third kappa shape index (κ3) is 5.74. The summed E-state index contributed by atoms with van der Waals surface area (Å²) in [5.74, 6) is 0.803. The average molecular weight is 355 g/mol. The summed E-state index contributed by atoms with van der Waals surface area (Å²) < 4.78 is 5.20. The average Bonchev–Trinajstić information content (AvgIpc) is 3.16. The summed E-state index contributed by atoms with van der Waals surface area (Å²) in [6, 6.07) is 13.6. The van der Waals surface area contributed by atoms with E-state index in [2.05, 4.69) is 15.5 Å². The van der Waals surface area contributed by atoms with Gasteiger partial charge in [0.15, 0.2) is 0 Å². The molecule has 0 aliphatic carbocycles. The molecule has 3 rings (SSSR count). The lowest BCUT2D eigenvalue weighted by molar-refractivity contribution is -0.124. The lowest BCUT2D eigenvalue weighted by Gasteiger charge is -2.31. The van der Waals surface area contributed by atoms with Crippen LogP contribution in [-0.2, 0) is 22.6 Å². The largest absolute Gasteiger partial charge is 0.467 e. The van der Waals surface area contributed by atoms with Gasteiger partial charge in [-0.2, -0.15) is 0 Å². The van der Waals surface area contributed by atoms with Crippen molar-refractivity contribution in [3.8, 4) is 0 Å². The van der Waals surface area contributed by atoms with Gasteiger partial charge in [0.05, 0.1) is 25.8 Å². The van der Waals surface area contributed by atoms with Crippen LogP contribution in [0.5, 0.6) is 0 Å². The minimum absolute atomic E-state index is 0.00652. The molecule has 1 saturated heterocycles. The quantitative estimate of drug-likeness (QED) is 0.793. The molecule has 1 aromatic carbocycles. The molecule has 0 spiro atoms. The topological polar surface area (TPSA) is 74.6 Å². The molecule has 2 heterocycles. The predicted octanol–water partition coefficient (Wildman–Crippen LogP) is 1.72. The molecule has 0 unspecified atom stereocenters. The minimum atomic E-state index is -0.00652. The Morgan fingerprint density at radius 1 is 1.04 bits per heavy atom. The van der Waals surface area contributed by atoms with Crippen LogP contribution in [0.3, 0.4) is 0 Å². The SMILES string of the molecule is O=C(CN1CCC(NC(=O)Cc2ccccc2)CC1)NCc1ccco1. The van der Waals surface area contributed by atoms with Crippen LogP contribution in [-0.4, -0.2) is 42.4 Å². The number of carbonyl (C=O) groups excluding carboxylic acids is 2. The van der Waals surface area contributed by atoms with Gasteiger partial charge in [-0.15, -0.1) is 0 Å². The molecular weight excluding hydrogens is 330 g/mol. The molecule has 2 aromatic rings. The first kappa shape index (κ1) is 18.2. The van der Waals surface area contributed by atoms with E-state index >= 15 is 0 Å². The van der Waals surface area contributed by atoms with E-state index in [-0.39, 0.29) is 17.9 Å². The van der Waals surface area contributed by atoms with E-state index in [0.29, 0.717) is 19.5 Å². The minimum Gasteiger partial charge on any atom is -0.467 e. The Balaban J connectivity index is 1.33. The van der Waals surface area contributed by atoms with Crippen molar-refractivity contribution in [1.82, 2.24) is 15.5 Å². The van der Waals surface area contributed by atoms with Crippen LogP contribution in [0.15, 0.2) is 53.1 Å². The number of nitrogens with zero attached hydrogens (tertiary/aromatic N) is 1. The van der Waals surface area contributed by atoms with E-state index in [4.69, 9.17) is 4.42 Å². The molecule has 2 N–H and O–H groups in total. The summed E-state index contributed by atoms with van der Waals surface area (Å²) in [6.07, 6.45) is 3.74. The number of benzene rings is 1. The van der Waals surface area contributed by atoms with Gasteiger partial charge in [-0.05, 0) is 30.5 Å². The standard InChI is InChI=1S/C20H25N3O3/c24-19(13-16-5-2-1-3-6-16)22-17-8-10-23(11-9-17)15-20(25)21-14-18-7-4-12-26-18/h1-7,12,17H,8-11,13-15H2,(H,21,25)(H,22,24). The Labute approximate surface area is 153 Å². The van der Waals surface area contributed by atoms with E-state index < -0.39 is 0 Å². The van der Waals surface area contributed by atoms with Crippen molar-refractivity contribution in [2.45, 2.75) is 31.8 Å². The van der Waals surface area contributed by atoms with Gasteiger partial charge in [-0.1, -0.05) is 30.3 Å². The first-order valence-electron chi connectivity index (χ1n) is 9.04. The van der Waals surface area contributed by atoms with Gasteiger partial charge in [0.2, 0.25) is 11.8 Å². The third-order valence-electron chi connectivity index (χ3n) is 4.57. The maximum atomic E-state index is 12.1. The summed E-state index contributed by atoms with van der Waals surface area (Å²) in [5, 5.41) is 5.97. The molecule has 0 bridgehead atoms. The first-order chi connectivity index (χ1) is 12.7. The van der Waals surface area contributed by atoms with Crippen molar-refractivity contribution in [3.05, 3.63) is 60.1 Å². The van der Waals surface area contributed by atoms with Crippen LogP contribution < -0.4 is 10.6 Å². The van der Waals surface area contributed by atoms with Gasteiger partial charge in [0, 0.05) is 19.1 Å². The number of hydrogen-bond acceptors (Lipinski definition) is 4. The second-order valence-corrected chi connectivity index (χ2v) is 6.64. The summed E-state index contributed by atoms with van der Waals surface area (Å²) >= 11 is 0. The Bertz CT molecular complexity index is 692. The predicted molar refractivity (Wildman–Crippen MR) is 98.3 cm³/mol. The number of furan rings is 1. The van der Waals surface area contributed by atoms with Crippen LogP contribution in [0.1, 0.15) is 24.2 Å². The van der Waals surface area contributed by atoms with Crippen LogP contribution in [0.25, 0.3) is 0 Å². The Morgan fingerprint density at radius 3 is 2.50 bits per heavy atom. The van der Waals surface area contributed by atoms with E-state index in [0.717, 1.165) is 37.3 Å². The molecule has 0 saturated carbocycles. The molecule has 0 radical (unpaired) electrons. The zero-order chi connectivity index (χ0) is 18.2. The smallest absolute Gasteiger partial charge is 0.234 e. The maximum Gasteiger partial charge on any atom is 0.234 e. The fourth-order valence-corrected chi connectivity index (χ4v) is 3.15. The van der Waals surface area contributed by atoms with Gasteiger partial charge < -0.3 is 15.1 Å². The third-order valence-corrected chi connectivity index (χ3v) is 4.57. The Morgan fingerprint density at radius 2 is 1.81 bits per heavy atom. The highest BCUT2D eigenvalue weighted by Crippen LogP contribution is 2.10. The van der Waals surface area contributed by atoms with Crippen LogP contribution >= 0.6 is 0 Å². The zero-order valence-electron chi connectivity index (χ0n) is 14.8. The fraction of sp³-hybridized carbons (Fsp3) is 0.400. The zero-order valence-corrected chi connectivity index (χ0v) is 14.8. The number of piperidine rings is 1. The van der Waals surface area contributed by atoms with Crippen molar-refractivity contribution >= 4 is 11.8 Å². The van der Waals surface area contributed by atoms with Crippen LogP contribution in [0.4, 0.5) is 0 Å². The van der Waals surface area contributed by atoms with Gasteiger partial charge in [0.1, 0.15) is 5.76 Å². The molecular formula is C20H25N3O3. The number of nitrogens with one attached hydrogen (secondary N) is 2. The molecule has 138 valence electrons. The van der Waals surface area contributed by atoms with E-state index in [1.165, 1.54) is 0 Å². The monoisotopic (exact) mass is 355 g/mol. The number of carbonyl (C=O) groups is 2. The molecule has 2 amide bonds. The Hall–Kier alpha value is -2.60. The molecule has 6 nitrogen and oxygen atoms in total. The number of hydrogen-bond donors (Lipinski definition) is 2. The van der Waals surface area contributed by atoms with Gasteiger partial charge in [-0.3, -0.25) is 14.5 Å². The summed E-state index contributed by atoms with van der Waals surface area (Å²) in [7, 11) is 0. The van der Waals surface area contributed by atoms with Gasteiger partial charge in [-0.25, -0.2) is 0 Å². The molecule has 1 fully saturated rings. The highest BCUT2D eigenvalue weighted by molar-refractivity contribution is 5.79. The van der Waals surface area contributed by atoms with E-state index in [1.807, 2.05) is 36.4 Å². The molecule has 1 aliphatic heterocycles. The highest BCUT2D eigenvalue weighted by Gasteiger charge is 2.22. The van der Waals surface area contributed by atoms with Gasteiger partial charge >= 0.3 is 0 Å². The lowest BCUT2D eigenvalue weighted by atomic mass is 10.0. The lowest BCUT2D eigenvalue weighted by Crippen LogP contribution is -2.47. The summed E-state index contributed by atoms with van der Waals surface area (Å²) in [5.41, 5.74) is 1.02. The van der Waals surface area contributed by atoms with E-state index in [1.54, 1.807) is 12.3 Å². The molecule has 1 aromatic heterocycles. The molecule has 0 atom stereocenters. The first-order valence-corrected chi connectivity index (χ1v) is 9.04. The van der Waals surface area contributed by atoms with Crippen molar-refractivity contribution in [3.63, 3.8) is 0 Å². The summed E-state index contributed by atoms with van der Waals surface area (Å²) in [4.78, 5) is 26.3. The van der Waals surface area contributed by atoms with Crippen molar-refractivity contribution in [2.75, 3.05) is 19.6 Å². The number of amides is 2. The van der Waals surface area contributed by atoms with Gasteiger partial charge in [0.25, 0.3) is 0 Å². The normalized spacial score (nSPS) is 15.5. The second-order valence-electron chi connectivity index (χ2n) is 6.64. The summed E-state index contributed by atoms with van der Waals surface area (Å²) in [6.45, 7) is 2.41. The molecule has 26 heavy (non-hydrogen) atoms. The van der Waals surface area contributed by atoms with Crippen molar-refractivity contribution < 1.29 is 14.0 Å². The maximum absolute atomic E-state index is 12.1. The Kier molecular flexibility index (Phi) is 6.44. The van der Waals surface area contributed by atoms with Crippen LogP contribution in [0.2, 0.25) is 0 Å². The molecule has 6 heteroatoms. The van der Waals surface area contributed by atoms with Crippen molar-refractivity contribution in [1.29, 1.82) is 0 Å². The second kappa shape index (κ2) is 9.20. The van der Waals surface area contributed by atoms with Crippen molar-refractivity contribution in [2.24, 2.45) is 0 Å². The number of likely N-dealkylation sites (tertiary alicyclic amines) is 1. The fourth-order valence-electron chi connectivity index (χ4n) is 3.15. The van der Waals surface area contributed by atoms with E-state index in [9.17, 15) is 9.59 Å². The molecule has 1 aliphatic rings. The van der Waals surface area contributed by atoms with Crippen LogP contribution in [0, 0.1) is 0 Å².